The molecule has 3 aromatic rings. The molecule has 1 aliphatic rings. The van der Waals surface area contributed by atoms with Gasteiger partial charge in [0, 0.05) is 45.0 Å². The molecule has 0 aliphatic carbocycles. The molecule has 0 aromatic heterocycles. The molecule has 0 unspecified atom stereocenters. The average molecular weight is 477 g/mol. The van der Waals surface area contributed by atoms with Crippen LogP contribution in [0.25, 0.3) is 6.08 Å². The summed E-state index contributed by atoms with van der Waals surface area (Å²) in [6.07, 6.45) is 3.06. The smallest absolute Gasteiger partial charge is 0.328 e. The third-order valence-electron chi connectivity index (χ3n) is 4.68. The number of carboxylic acids is 1. The van der Waals surface area contributed by atoms with Crippen LogP contribution in [0.15, 0.2) is 54.6 Å². The fourth-order valence-corrected chi connectivity index (χ4v) is 3.96. The van der Waals surface area contributed by atoms with E-state index in [1.54, 1.807) is 18.2 Å². The van der Waals surface area contributed by atoms with Gasteiger partial charge in [0.15, 0.2) is 11.5 Å². The van der Waals surface area contributed by atoms with Gasteiger partial charge in [0.25, 0.3) is 0 Å². The van der Waals surface area contributed by atoms with Crippen LogP contribution in [0.5, 0.6) is 11.5 Å². The van der Waals surface area contributed by atoms with Crippen LogP contribution < -0.4 is 14.8 Å². The van der Waals surface area contributed by atoms with Crippen molar-refractivity contribution in [2.45, 2.75) is 6.42 Å². The van der Waals surface area contributed by atoms with Crippen LogP contribution in [0.3, 0.4) is 0 Å². The van der Waals surface area contributed by atoms with Crippen LogP contribution in [0, 0.1) is 0 Å². The number of anilines is 2. The zero-order chi connectivity index (χ0) is 22.0. The third kappa shape index (κ3) is 5.07. The molecule has 8 heteroatoms. The first-order valence-electron chi connectivity index (χ1n) is 9.23. The van der Waals surface area contributed by atoms with Crippen LogP contribution in [-0.4, -0.2) is 17.9 Å². The van der Waals surface area contributed by atoms with Crippen LogP contribution in [0.1, 0.15) is 16.7 Å². The van der Waals surface area contributed by atoms with Crippen molar-refractivity contribution in [3.05, 3.63) is 86.4 Å². The molecule has 2 N–H and O–H groups in total. The molecule has 4 rings (SSSR count). The summed E-state index contributed by atoms with van der Waals surface area (Å²) in [6, 6.07) is 14.4. The molecule has 0 fully saturated rings. The number of aliphatic carboxylic acids is 1. The van der Waals surface area contributed by atoms with Gasteiger partial charge in [0.2, 0.25) is 6.79 Å². The van der Waals surface area contributed by atoms with Crippen molar-refractivity contribution in [3.8, 4) is 11.5 Å². The van der Waals surface area contributed by atoms with E-state index in [1.807, 2.05) is 30.3 Å². The number of benzene rings is 3. The van der Waals surface area contributed by atoms with E-state index in [4.69, 9.17) is 49.4 Å². The molecule has 31 heavy (non-hydrogen) atoms. The van der Waals surface area contributed by atoms with Gasteiger partial charge >= 0.3 is 5.97 Å². The van der Waals surface area contributed by atoms with Gasteiger partial charge in [-0.2, -0.15) is 0 Å². The van der Waals surface area contributed by atoms with Gasteiger partial charge in [0.05, 0.1) is 0 Å². The fourth-order valence-electron chi connectivity index (χ4n) is 3.18. The van der Waals surface area contributed by atoms with Gasteiger partial charge in [-0.1, -0.05) is 46.9 Å². The Morgan fingerprint density at radius 2 is 1.71 bits per heavy atom. The minimum absolute atomic E-state index is 0.168. The lowest BCUT2D eigenvalue weighted by molar-refractivity contribution is -0.131. The van der Waals surface area contributed by atoms with E-state index in [0.717, 1.165) is 34.1 Å². The number of ether oxygens (including phenoxy) is 2. The molecular formula is C23H16Cl3NO4. The number of nitrogens with one attached hydrogen (secondary N) is 1. The maximum atomic E-state index is 10.7. The van der Waals surface area contributed by atoms with E-state index in [9.17, 15) is 4.79 Å². The topological polar surface area (TPSA) is 67.8 Å². The predicted molar refractivity (Wildman–Crippen MR) is 123 cm³/mol. The summed E-state index contributed by atoms with van der Waals surface area (Å²) in [4.78, 5) is 10.7. The molecule has 0 saturated carbocycles. The maximum absolute atomic E-state index is 10.7. The molecule has 0 atom stereocenters. The molecule has 1 aliphatic heterocycles. The first-order chi connectivity index (χ1) is 14.9. The monoisotopic (exact) mass is 475 g/mol. The molecule has 0 amide bonds. The lowest BCUT2D eigenvalue weighted by atomic mass is 10.0. The minimum atomic E-state index is -0.998. The SMILES string of the molecule is O=C(O)C=Cc1ccc(Nc2cc(Cl)cc(Cl)c2Cc2cc3c(cc2Cl)OCO3)cc1. The third-order valence-corrected chi connectivity index (χ3v) is 5.58. The van der Waals surface area contributed by atoms with Crippen molar-refractivity contribution in [1.82, 2.24) is 0 Å². The van der Waals surface area contributed by atoms with Crippen molar-refractivity contribution < 1.29 is 19.4 Å². The normalized spacial score (nSPS) is 12.4. The van der Waals surface area contributed by atoms with E-state index >= 15 is 0 Å². The van der Waals surface area contributed by atoms with Crippen molar-refractivity contribution in [3.63, 3.8) is 0 Å². The summed E-state index contributed by atoms with van der Waals surface area (Å²) in [7, 11) is 0. The summed E-state index contributed by atoms with van der Waals surface area (Å²) in [6.45, 7) is 0.168. The Morgan fingerprint density at radius 3 is 2.42 bits per heavy atom. The Balaban J connectivity index is 1.63. The highest BCUT2D eigenvalue weighted by Crippen LogP contribution is 2.40. The first-order valence-corrected chi connectivity index (χ1v) is 10.4. The Bertz CT molecular complexity index is 1180. The summed E-state index contributed by atoms with van der Waals surface area (Å²) < 4.78 is 10.8. The predicted octanol–water partition coefficient (Wildman–Crippen LogP) is 6.81. The lowest BCUT2D eigenvalue weighted by Gasteiger charge is -2.16. The number of halogens is 3. The standard InChI is InChI=1S/C23H16Cl3NO4/c24-15-9-19(26)17(7-14-8-21-22(11-18(14)25)31-12-30-21)20(10-15)27-16-4-1-13(2-5-16)3-6-23(28)29/h1-6,8-11,27H,7,12H2,(H,28,29). The molecule has 158 valence electrons. The second kappa shape index (κ2) is 9.10. The summed E-state index contributed by atoms with van der Waals surface area (Å²) in [5.74, 6) is 0.262. The molecule has 3 aromatic carbocycles. The second-order valence-corrected chi connectivity index (χ2v) is 8.06. The first kappa shape index (κ1) is 21.4. The Labute approximate surface area is 193 Å². The summed E-state index contributed by atoms with van der Waals surface area (Å²) in [5, 5.41) is 13.6. The Morgan fingerprint density at radius 1 is 1.00 bits per heavy atom. The van der Waals surface area contributed by atoms with E-state index in [1.165, 1.54) is 6.08 Å². The molecule has 0 bridgehead atoms. The van der Waals surface area contributed by atoms with Gasteiger partial charge in [-0.05, 0) is 53.1 Å². The summed E-state index contributed by atoms with van der Waals surface area (Å²) >= 11 is 19.2. The van der Waals surface area contributed by atoms with E-state index in [2.05, 4.69) is 5.32 Å². The van der Waals surface area contributed by atoms with Crippen molar-refractivity contribution in [1.29, 1.82) is 0 Å². The lowest BCUT2D eigenvalue weighted by Crippen LogP contribution is -1.99. The van der Waals surface area contributed by atoms with Gasteiger partial charge in [-0.25, -0.2) is 4.79 Å². The highest BCUT2D eigenvalue weighted by Gasteiger charge is 2.19. The second-order valence-electron chi connectivity index (χ2n) is 6.81. The van der Waals surface area contributed by atoms with Crippen molar-refractivity contribution in [2.24, 2.45) is 0 Å². The molecule has 0 spiro atoms. The van der Waals surface area contributed by atoms with Crippen LogP contribution in [-0.2, 0) is 11.2 Å². The zero-order valence-electron chi connectivity index (χ0n) is 16.0. The van der Waals surface area contributed by atoms with Crippen LogP contribution in [0.2, 0.25) is 15.1 Å². The van der Waals surface area contributed by atoms with Gasteiger partial charge in [-0.3, -0.25) is 0 Å². The molecular weight excluding hydrogens is 461 g/mol. The molecule has 5 nitrogen and oxygen atoms in total. The number of fused-ring (bicyclic) bond motifs is 1. The van der Waals surface area contributed by atoms with Gasteiger partial charge < -0.3 is 19.9 Å². The minimum Gasteiger partial charge on any atom is -0.478 e. The Kier molecular flexibility index (Phi) is 6.28. The zero-order valence-corrected chi connectivity index (χ0v) is 18.3. The van der Waals surface area contributed by atoms with Gasteiger partial charge in [-0.15, -0.1) is 0 Å². The number of hydrogen-bond donors (Lipinski definition) is 2. The molecule has 0 saturated heterocycles. The highest BCUT2D eigenvalue weighted by atomic mass is 35.5. The van der Waals surface area contributed by atoms with Crippen molar-refractivity contribution in [2.75, 3.05) is 12.1 Å². The summed E-state index contributed by atoms with van der Waals surface area (Å²) in [5.41, 5.74) is 3.96. The number of carbonyl (C=O) groups is 1. The largest absolute Gasteiger partial charge is 0.478 e. The quantitative estimate of drug-likeness (QED) is 0.383. The molecule has 0 radical (unpaired) electrons. The number of rotatable bonds is 6. The van der Waals surface area contributed by atoms with Crippen LogP contribution in [0.4, 0.5) is 11.4 Å². The van der Waals surface area contributed by atoms with E-state index in [-0.39, 0.29) is 6.79 Å². The average Bonchev–Trinajstić information content (AvgIpc) is 3.17. The fraction of sp³-hybridized carbons (Fsp3) is 0.0870. The van der Waals surface area contributed by atoms with E-state index < -0.39 is 5.97 Å². The van der Waals surface area contributed by atoms with E-state index in [0.29, 0.717) is 33.0 Å². The van der Waals surface area contributed by atoms with Gasteiger partial charge in [0.1, 0.15) is 0 Å². The molecule has 1 heterocycles. The van der Waals surface area contributed by atoms with Crippen molar-refractivity contribution >= 4 is 58.2 Å². The number of hydrogen-bond acceptors (Lipinski definition) is 4. The van der Waals surface area contributed by atoms with Crippen LogP contribution >= 0.6 is 34.8 Å². The highest BCUT2D eigenvalue weighted by molar-refractivity contribution is 6.36. The number of carboxylic acid groups (broad SMARTS) is 1. The maximum Gasteiger partial charge on any atom is 0.328 e. The Hall–Kier alpha value is -2.86.